The van der Waals surface area contributed by atoms with Crippen LogP contribution in [-0.2, 0) is 29.4 Å². The van der Waals surface area contributed by atoms with Gasteiger partial charge < -0.3 is 14.8 Å². The number of amides is 2. The molecular formula is C32H45N5O8S2. The summed E-state index contributed by atoms with van der Waals surface area (Å²) in [5.41, 5.74) is 3.64. The van der Waals surface area contributed by atoms with Crippen molar-refractivity contribution in [2.45, 2.75) is 62.4 Å². The Balaban J connectivity index is 1.48. The largest absolute Gasteiger partial charge is 0.454 e. The molecule has 4 atom stereocenters. The molecule has 0 saturated carbocycles. The van der Waals surface area contributed by atoms with Crippen LogP contribution in [0.4, 0.5) is 0 Å². The van der Waals surface area contributed by atoms with Gasteiger partial charge in [-0.05, 0) is 62.4 Å². The van der Waals surface area contributed by atoms with E-state index in [-0.39, 0.29) is 37.2 Å². The van der Waals surface area contributed by atoms with Crippen LogP contribution < -0.4 is 20.2 Å². The zero-order chi connectivity index (χ0) is 34.1. The molecule has 2 amide bonds. The van der Waals surface area contributed by atoms with Gasteiger partial charge in [0.2, 0.25) is 22.7 Å². The maximum Gasteiger partial charge on any atom is 0.262 e. The number of sulfonamides is 1. The minimum Gasteiger partial charge on any atom is -0.454 e. The fourth-order valence-electron chi connectivity index (χ4n) is 6.45. The molecule has 2 unspecified atom stereocenters. The van der Waals surface area contributed by atoms with Gasteiger partial charge in [-0.2, -0.15) is 4.31 Å². The van der Waals surface area contributed by atoms with E-state index in [0.717, 1.165) is 32.2 Å². The lowest BCUT2D eigenvalue weighted by Crippen LogP contribution is -2.60. The molecule has 0 bridgehead atoms. The summed E-state index contributed by atoms with van der Waals surface area (Å²) >= 11 is 0. The number of carbonyl (C=O) groups excluding carboxylic acids is 2. The van der Waals surface area contributed by atoms with E-state index >= 15 is 0 Å². The van der Waals surface area contributed by atoms with Gasteiger partial charge in [0.25, 0.3) is 5.91 Å². The Hall–Kier alpha value is -3.24. The zero-order valence-electron chi connectivity index (χ0n) is 27.5. The summed E-state index contributed by atoms with van der Waals surface area (Å²) in [4.78, 5) is 27.5. The number of nitrogens with one attached hydrogen (secondary N) is 2. The van der Waals surface area contributed by atoms with Crippen molar-refractivity contribution < 1.29 is 35.9 Å². The van der Waals surface area contributed by atoms with E-state index < -0.39 is 54.5 Å². The number of rotatable bonds is 13. The third-order valence-electron chi connectivity index (χ3n) is 9.02. The molecule has 0 aromatic heterocycles. The molecular weight excluding hydrogens is 647 g/mol. The molecule has 2 N–H and O–H groups in total. The van der Waals surface area contributed by atoms with Gasteiger partial charge in [-0.25, -0.2) is 22.3 Å². The van der Waals surface area contributed by atoms with Crippen LogP contribution in [0.25, 0.3) is 0 Å². The van der Waals surface area contributed by atoms with E-state index in [9.17, 15) is 26.4 Å². The van der Waals surface area contributed by atoms with Gasteiger partial charge >= 0.3 is 0 Å². The van der Waals surface area contributed by atoms with Crippen LogP contribution in [0.1, 0.15) is 52.1 Å². The number of hydrazine groups is 1. The second-order valence-corrected chi connectivity index (χ2v) is 17.6. The third-order valence-corrected chi connectivity index (χ3v) is 12.7. The van der Waals surface area contributed by atoms with E-state index in [1.807, 2.05) is 43.9 Å². The van der Waals surface area contributed by atoms with Crippen LogP contribution in [0.5, 0.6) is 11.5 Å². The highest BCUT2D eigenvalue weighted by molar-refractivity contribution is 7.92. The molecule has 0 radical (unpaired) electrons. The van der Waals surface area contributed by atoms with Gasteiger partial charge in [0.1, 0.15) is 6.04 Å². The Labute approximate surface area is 277 Å². The van der Waals surface area contributed by atoms with Crippen LogP contribution in [0.2, 0.25) is 0 Å². The summed E-state index contributed by atoms with van der Waals surface area (Å²) in [6.07, 6.45) is 2.97. The Kier molecular flexibility index (Phi) is 10.2. The second-order valence-electron chi connectivity index (χ2n) is 13.2. The predicted octanol–water partition coefficient (Wildman–Crippen LogP) is 2.13. The smallest absolute Gasteiger partial charge is 0.262 e. The summed E-state index contributed by atoms with van der Waals surface area (Å²) in [6.45, 7) is 8.83. The van der Waals surface area contributed by atoms with E-state index in [4.69, 9.17) is 9.47 Å². The van der Waals surface area contributed by atoms with Gasteiger partial charge in [-0.1, -0.05) is 51.1 Å². The molecule has 0 aliphatic carbocycles. The monoisotopic (exact) mass is 691 g/mol. The molecule has 3 aliphatic rings. The first-order valence-corrected chi connectivity index (χ1v) is 19.2. The van der Waals surface area contributed by atoms with Crippen molar-refractivity contribution in [1.82, 2.24) is 25.0 Å². The number of carbonyl (C=O) groups is 2. The highest BCUT2D eigenvalue weighted by Gasteiger charge is 2.58. The SMILES string of the molecule is CC(C)CN(C[C@@H](C)C(c1ccccc1)N1NC(C)(S(C)(=O)=O)[C@H](NC(=O)CN2CCCC2)C1=O)S(=O)(=O)c1ccc2c(c1)OCO2. The van der Waals surface area contributed by atoms with Crippen LogP contribution in [0.15, 0.2) is 53.4 Å². The number of nitrogens with zero attached hydrogens (tertiary/aromatic N) is 3. The maximum atomic E-state index is 14.3. The lowest BCUT2D eigenvalue weighted by atomic mass is 9.93. The van der Waals surface area contributed by atoms with E-state index in [2.05, 4.69) is 10.7 Å². The Morgan fingerprint density at radius 3 is 2.32 bits per heavy atom. The lowest BCUT2D eigenvalue weighted by molar-refractivity contribution is -0.137. The molecule has 2 aromatic rings. The Bertz CT molecular complexity index is 1680. The number of hydrogen-bond donors (Lipinski definition) is 2. The summed E-state index contributed by atoms with van der Waals surface area (Å²) in [5, 5.41) is 3.99. The summed E-state index contributed by atoms with van der Waals surface area (Å²) < 4.78 is 66.9. The van der Waals surface area contributed by atoms with Gasteiger partial charge in [0, 0.05) is 25.4 Å². The average Bonchev–Trinajstić information content (AvgIpc) is 3.75. The minimum atomic E-state index is -4.03. The van der Waals surface area contributed by atoms with Crippen molar-refractivity contribution in [3.63, 3.8) is 0 Å². The average molecular weight is 692 g/mol. The maximum absolute atomic E-state index is 14.3. The van der Waals surface area contributed by atoms with Crippen LogP contribution in [0, 0.1) is 11.8 Å². The van der Waals surface area contributed by atoms with Crippen molar-refractivity contribution in [1.29, 1.82) is 0 Å². The van der Waals surface area contributed by atoms with Crippen molar-refractivity contribution >= 4 is 31.7 Å². The van der Waals surface area contributed by atoms with Gasteiger partial charge in [-0.15, -0.1) is 0 Å². The first-order chi connectivity index (χ1) is 22.1. The normalized spacial score (nSPS) is 23.1. The molecule has 3 heterocycles. The number of fused-ring (bicyclic) bond motifs is 1. The molecule has 15 heteroatoms. The highest BCUT2D eigenvalue weighted by atomic mass is 32.2. The topological polar surface area (TPSA) is 155 Å². The molecule has 3 aliphatic heterocycles. The lowest BCUT2D eigenvalue weighted by Gasteiger charge is -2.37. The molecule has 2 aromatic carbocycles. The second kappa shape index (κ2) is 13.7. The third kappa shape index (κ3) is 7.28. The summed E-state index contributed by atoms with van der Waals surface area (Å²) in [5.74, 6) is -0.828. The van der Waals surface area contributed by atoms with Gasteiger partial charge in [-0.3, -0.25) is 19.5 Å². The van der Waals surface area contributed by atoms with E-state index in [1.54, 1.807) is 18.2 Å². The molecule has 47 heavy (non-hydrogen) atoms. The van der Waals surface area contributed by atoms with E-state index in [1.165, 1.54) is 28.4 Å². The first-order valence-electron chi connectivity index (χ1n) is 15.9. The molecule has 2 fully saturated rings. The van der Waals surface area contributed by atoms with Crippen molar-refractivity contribution in [3.8, 4) is 11.5 Å². The fraction of sp³-hybridized carbons (Fsp3) is 0.562. The number of sulfone groups is 1. The number of ether oxygens (including phenoxy) is 2. The molecule has 2 saturated heterocycles. The quantitative estimate of drug-likeness (QED) is 0.319. The number of likely N-dealkylation sites (tertiary alicyclic amines) is 1. The predicted molar refractivity (Wildman–Crippen MR) is 175 cm³/mol. The highest BCUT2D eigenvalue weighted by Crippen LogP contribution is 2.38. The number of benzene rings is 2. The van der Waals surface area contributed by atoms with Gasteiger partial charge in [0.05, 0.1) is 17.5 Å². The van der Waals surface area contributed by atoms with Crippen LogP contribution >= 0.6 is 0 Å². The van der Waals surface area contributed by atoms with Crippen molar-refractivity contribution in [3.05, 3.63) is 54.1 Å². The van der Waals surface area contributed by atoms with Gasteiger partial charge in [0.15, 0.2) is 26.2 Å². The number of hydrogen-bond acceptors (Lipinski definition) is 10. The van der Waals surface area contributed by atoms with Crippen LogP contribution in [-0.4, -0.2) is 99.5 Å². The Morgan fingerprint density at radius 2 is 1.68 bits per heavy atom. The molecule has 0 spiro atoms. The zero-order valence-corrected chi connectivity index (χ0v) is 29.1. The Morgan fingerprint density at radius 1 is 1.02 bits per heavy atom. The fourth-order valence-corrected chi connectivity index (χ4v) is 9.03. The summed E-state index contributed by atoms with van der Waals surface area (Å²) in [6, 6.07) is 11.3. The first kappa shape index (κ1) is 35.1. The van der Waals surface area contributed by atoms with Crippen molar-refractivity contribution in [2.24, 2.45) is 11.8 Å². The molecule has 13 nitrogen and oxygen atoms in total. The summed E-state index contributed by atoms with van der Waals surface area (Å²) in [7, 11) is -8.00. The van der Waals surface area contributed by atoms with E-state index in [0.29, 0.717) is 17.1 Å². The standard InChI is InChI=1S/C32H45N5O8S2/c1-22(2)18-36(47(42,43)25-13-14-26-27(17-25)45-21-44-26)19-23(3)29(24-11-7-6-8-12-24)37-31(39)30(32(4,34-37)46(5,40)41)33-28(38)20-35-15-9-10-16-35/h6-8,11-14,17,22-23,29-30,34H,9-10,15-16,18-21H2,1-5H3,(H,33,38)/t23-,29?,30-,32?/m1/s1. The molecule has 258 valence electrons. The minimum absolute atomic E-state index is 0.00154. The molecule has 5 rings (SSSR count). The van der Waals surface area contributed by atoms with Crippen LogP contribution in [0.3, 0.4) is 0 Å². The van der Waals surface area contributed by atoms with Crippen molar-refractivity contribution in [2.75, 3.05) is 45.8 Å².